The highest BCUT2D eigenvalue weighted by Gasteiger charge is 2.59. The first-order chi connectivity index (χ1) is 16.4. The van der Waals surface area contributed by atoms with Crippen molar-refractivity contribution in [2.75, 3.05) is 0 Å². The maximum atomic E-state index is 14.3. The third-order valence-electron chi connectivity index (χ3n) is 7.90. The van der Waals surface area contributed by atoms with Gasteiger partial charge in [-0.25, -0.2) is 8.78 Å². The number of hydrogen-bond acceptors (Lipinski definition) is 1. The number of aryl methyl sites for hydroxylation is 1. The normalized spacial score (nSPS) is 27.0. The lowest BCUT2D eigenvalue weighted by Crippen LogP contribution is -2.45. The third-order valence-corrected chi connectivity index (χ3v) is 8.25. The van der Waals surface area contributed by atoms with Crippen LogP contribution in [0, 0.1) is 29.5 Å². The van der Waals surface area contributed by atoms with Crippen LogP contribution < -0.4 is 4.74 Å². The standard InChI is InChI=1S/C26H34ClF7O/c1-2-3-16-4-9-18(10-5-16)19-11-6-17(7-12-19)8-13-20-14-22(28)23(15-21(20)27)35-26(33,34)24(29)25(30,31)32/h14-19,24H,2-13H2,1H3. The lowest BCUT2D eigenvalue weighted by molar-refractivity contribution is -0.305. The Morgan fingerprint density at radius 2 is 1.40 bits per heavy atom. The van der Waals surface area contributed by atoms with Crippen LogP contribution in [-0.2, 0) is 6.42 Å². The third kappa shape index (κ3) is 7.65. The maximum absolute atomic E-state index is 14.3. The predicted octanol–water partition coefficient (Wildman–Crippen LogP) is 9.70. The summed E-state index contributed by atoms with van der Waals surface area (Å²) < 4.78 is 95.0. The van der Waals surface area contributed by atoms with E-state index in [1.165, 1.54) is 51.4 Å². The molecule has 1 aromatic rings. The quantitative estimate of drug-likeness (QED) is 0.289. The van der Waals surface area contributed by atoms with Crippen molar-refractivity contribution in [2.24, 2.45) is 23.7 Å². The van der Waals surface area contributed by atoms with E-state index in [-0.39, 0.29) is 5.02 Å². The number of hydrogen-bond donors (Lipinski definition) is 0. The van der Waals surface area contributed by atoms with Gasteiger partial charge >= 0.3 is 12.3 Å². The van der Waals surface area contributed by atoms with Gasteiger partial charge in [0, 0.05) is 11.1 Å². The van der Waals surface area contributed by atoms with Crippen LogP contribution in [0.3, 0.4) is 0 Å². The smallest absolute Gasteiger partial charge is 0.427 e. The van der Waals surface area contributed by atoms with Crippen LogP contribution in [0.25, 0.3) is 0 Å². The predicted molar refractivity (Wildman–Crippen MR) is 122 cm³/mol. The highest BCUT2D eigenvalue weighted by Crippen LogP contribution is 2.43. The van der Waals surface area contributed by atoms with Gasteiger partial charge in [0.25, 0.3) is 6.17 Å². The van der Waals surface area contributed by atoms with Gasteiger partial charge < -0.3 is 4.74 Å². The van der Waals surface area contributed by atoms with Crippen molar-refractivity contribution in [2.45, 2.75) is 102 Å². The highest BCUT2D eigenvalue weighted by molar-refractivity contribution is 6.31. The summed E-state index contributed by atoms with van der Waals surface area (Å²) in [5.74, 6) is 0.416. The minimum atomic E-state index is -5.85. The fraction of sp³-hybridized carbons (Fsp3) is 0.769. The van der Waals surface area contributed by atoms with Crippen molar-refractivity contribution in [3.05, 3.63) is 28.5 Å². The molecule has 9 heteroatoms. The van der Waals surface area contributed by atoms with Crippen LogP contribution in [0.1, 0.15) is 83.1 Å². The first-order valence-corrected chi connectivity index (χ1v) is 13.0. The monoisotopic (exact) mass is 530 g/mol. The van der Waals surface area contributed by atoms with Gasteiger partial charge in [-0.05, 0) is 73.8 Å². The Morgan fingerprint density at radius 3 is 1.89 bits per heavy atom. The van der Waals surface area contributed by atoms with E-state index >= 15 is 0 Å². The van der Waals surface area contributed by atoms with Gasteiger partial charge in [0.1, 0.15) is 0 Å². The molecule has 2 aliphatic carbocycles. The molecule has 2 saturated carbocycles. The van der Waals surface area contributed by atoms with Crippen LogP contribution in [0.5, 0.6) is 5.75 Å². The molecule has 0 saturated heterocycles. The molecule has 1 nitrogen and oxygen atoms in total. The molecular formula is C26H34ClF7O. The van der Waals surface area contributed by atoms with E-state index in [1.54, 1.807) is 0 Å². The molecule has 1 atom stereocenters. The average molecular weight is 531 g/mol. The van der Waals surface area contributed by atoms with Crippen LogP contribution in [0.4, 0.5) is 30.7 Å². The van der Waals surface area contributed by atoms with Gasteiger partial charge in [0.2, 0.25) is 0 Å². The van der Waals surface area contributed by atoms with Gasteiger partial charge in [-0.15, -0.1) is 0 Å². The van der Waals surface area contributed by atoms with E-state index in [0.717, 1.165) is 43.1 Å². The molecule has 0 radical (unpaired) electrons. The molecule has 2 aliphatic rings. The van der Waals surface area contributed by atoms with Gasteiger partial charge in [-0.1, -0.05) is 57.0 Å². The van der Waals surface area contributed by atoms with Gasteiger partial charge in [0.05, 0.1) is 0 Å². The summed E-state index contributed by atoms with van der Waals surface area (Å²) in [5.41, 5.74) is 0.365. The largest absolute Gasteiger partial charge is 0.439 e. The van der Waals surface area contributed by atoms with Crippen LogP contribution in [0.2, 0.25) is 5.02 Å². The van der Waals surface area contributed by atoms with E-state index in [2.05, 4.69) is 11.7 Å². The second-order valence-electron chi connectivity index (χ2n) is 10.3. The van der Waals surface area contributed by atoms with Gasteiger partial charge in [-0.2, -0.15) is 22.0 Å². The number of alkyl halides is 6. The summed E-state index contributed by atoms with van der Waals surface area (Å²) in [5, 5.41) is -0.0999. The minimum Gasteiger partial charge on any atom is -0.427 e. The van der Waals surface area contributed by atoms with Crippen molar-refractivity contribution < 1.29 is 35.5 Å². The molecule has 0 aliphatic heterocycles. The number of halogens is 8. The number of ether oxygens (including phenoxy) is 1. The summed E-state index contributed by atoms with van der Waals surface area (Å²) in [4.78, 5) is 0. The summed E-state index contributed by atoms with van der Waals surface area (Å²) in [6.45, 7) is 2.24. The highest BCUT2D eigenvalue weighted by atomic mass is 35.5. The van der Waals surface area contributed by atoms with E-state index in [1.807, 2.05) is 0 Å². The zero-order valence-corrected chi connectivity index (χ0v) is 20.7. The Bertz CT molecular complexity index is 813. The minimum absolute atomic E-state index is 0.0999. The van der Waals surface area contributed by atoms with E-state index in [9.17, 15) is 30.7 Å². The number of rotatable bonds is 9. The fourth-order valence-electron chi connectivity index (χ4n) is 5.89. The number of benzene rings is 1. The van der Waals surface area contributed by atoms with E-state index in [0.29, 0.717) is 24.0 Å². The molecule has 1 aromatic carbocycles. The molecular weight excluding hydrogens is 497 g/mol. The Morgan fingerprint density at radius 1 is 0.886 bits per heavy atom. The Labute approximate surface area is 207 Å². The molecule has 0 aromatic heterocycles. The lowest BCUT2D eigenvalue weighted by Gasteiger charge is -2.38. The van der Waals surface area contributed by atoms with E-state index in [4.69, 9.17) is 11.6 Å². The zero-order chi connectivity index (χ0) is 25.8. The molecule has 0 heterocycles. The average Bonchev–Trinajstić information content (AvgIpc) is 2.80. The topological polar surface area (TPSA) is 9.23 Å². The van der Waals surface area contributed by atoms with Crippen molar-refractivity contribution in [1.29, 1.82) is 0 Å². The maximum Gasteiger partial charge on any atom is 0.439 e. The molecule has 35 heavy (non-hydrogen) atoms. The second-order valence-corrected chi connectivity index (χ2v) is 10.7. The molecule has 2 fully saturated rings. The van der Waals surface area contributed by atoms with Crippen LogP contribution in [-0.4, -0.2) is 18.5 Å². The molecule has 0 N–H and O–H groups in total. The SMILES string of the molecule is CCCC1CCC(C2CCC(CCc3cc(F)c(OC(F)(F)C(F)C(F)(F)F)cc3Cl)CC2)CC1. The zero-order valence-electron chi connectivity index (χ0n) is 20.0. The van der Waals surface area contributed by atoms with Crippen LogP contribution in [0.15, 0.2) is 12.1 Å². The molecule has 1 unspecified atom stereocenters. The van der Waals surface area contributed by atoms with Crippen LogP contribution >= 0.6 is 11.6 Å². The van der Waals surface area contributed by atoms with Crippen molar-refractivity contribution >= 4 is 11.6 Å². The van der Waals surface area contributed by atoms with Crippen molar-refractivity contribution in [3.8, 4) is 5.75 Å². The van der Waals surface area contributed by atoms with Gasteiger partial charge in [-0.3, -0.25) is 0 Å². The molecule has 200 valence electrons. The summed E-state index contributed by atoms with van der Waals surface area (Å²) in [7, 11) is 0. The first-order valence-electron chi connectivity index (χ1n) is 12.7. The Balaban J connectivity index is 1.49. The summed E-state index contributed by atoms with van der Waals surface area (Å²) in [6.07, 6.45) is -2.08. The first kappa shape index (κ1) is 28.4. The lowest BCUT2D eigenvalue weighted by atomic mass is 9.68. The van der Waals surface area contributed by atoms with Crippen molar-refractivity contribution in [3.63, 3.8) is 0 Å². The van der Waals surface area contributed by atoms with E-state index < -0.39 is 30.0 Å². The fourth-order valence-corrected chi connectivity index (χ4v) is 6.14. The second kappa shape index (κ2) is 11.9. The molecule has 0 bridgehead atoms. The summed E-state index contributed by atoms with van der Waals surface area (Å²) >= 11 is 6.07. The Hall–Kier alpha value is -1.18. The molecule has 0 amide bonds. The van der Waals surface area contributed by atoms with Crippen molar-refractivity contribution in [1.82, 2.24) is 0 Å². The molecule has 3 rings (SSSR count). The summed E-state index contributed by atoms with van der Waals surface area (Å²) in [6, 6.07) is 1.57. The van der Waals surface area contributed by atoms with Gasteiger partial charge in [0.15, 0.2) is 11.6 Å². The molecule has 0 spiro atoms. The Kier molecular flexibility index (Phi) is 9.66.